The summed E-state index contributed by atoms with van der Waals surface area (Å²) in [5.74, 6) is 0. The van der Waals surface area contributed by atoms with E-state index in [0.29, 0.717) is 5.66 Å². The summed E-state index contributed by atoms with van der Waals surface area (Å²) in [6.45, 7) is 2.28. The topological polar surface area (TPSA) is 26.0 Å². The summed E-state index contributed by atoms with van der Waals surface area (Å²) in [5.41, 5.74) is 8.20. The maximum atomic E-state index is 6.63. The maximum absolute atomic E-state index is 6.63. The summed E-state index contributed by atoms with van der Waals surface area (Å²) >= 11 is 0. The molecular weight excluding hydrogens is 297 g/mol. The normalized spacial score (nSPS) is 13.7. The van der Waals surface area contributed by atoms with Crippen molar-refractivity contribution in [2.24, 2.45) is 5.73 Å². The zero-order chi connectivity index (χ0) is 16.1. The van der Waals surface area contributed by atoms with Crippen LogP contribution in [0.15, 0.2) is 91.0 Å². The molecule has 0 aliphatic carbocycles. The standard InChI is InChI=1S/C21H22NP/c1-17(21(22)18-11-5-2-6-12-18)23(19-13-7-3-8-14-19)20-15-9-4-10-16-20/h2-17,21H,22H2,1H3/t17-,21+/m0/s1. The van der Waals surface area contributed by atoms with Gasteiger partial charge in [0.15, 0.2) is 0 Å². The third-order valence-electron chi connectivity index (χ3n) is 4.18. The highest BCUT2D eigenvalue weighted by atomic mass is 31.1. The molecule has 0 aliphatic rings. The Morgan fingerprint density at radius 3 is 1.48 bits per heavy atom. The lowest BCUT2D eigenvalue weighted by atomic mass is 10.1. The van der Waals surface area contributed by atoms with Gasteiger partial charge >= 0.3 is 0 Å². The van der Waals surface area contributed by atoms with Gasteiger partial charge < -0.3 is 5.73 Å². The molecule has 116 valence electrons. The lowest BCUT2D eigenvalue weighted by Crippen LogP contribution is -2.29. The van der Waals surface area contributed by atoms with Gasteiger partial charge in [-0.3, -0.25) is 0 Å². The zero-order valence-electron chi connectivity index (χ0n) is 13.3. The van der Waals surface area contributed by atoms with Crippen LogP contribution in [0.2, 0.25) is 0 Å². The summed E-state index contributed by atoms with van der Waals surface area (Å²) < 4.78 is 0. The van der Waals surface area contributed by atoms with Crippen molar-refractivity contribution in [2.75, 3.05) is 0 Å². The van der Waals surface area contributed by atoms with Crippen molar-refractivity contribution < 1.29 is 0 Å². The van der Waals surface area contributed by atoms with E-state index in [-0.39, 0.29) is 6.04 Å². The van der Waals surface area contributed by atoms with Crippen LogP contribution in [-0.4, -0.2) is 5.66 Å². The molecule has 3 aromatic rings. The average Bonchev–Trinajstić information content (AvgIpc) is 2.64. The minimum absolute atomic E-state index is 0.0303. The third-order valence-corrected chi connectivity index (χ3v) is 7.02. The fourth-order valence-electron chi connectivity index (χ4n) is 2.91. The molecule has 23 heavy (non-hydrogen) atoms. The molecule has 0 heterocycles. The van der Waals surface area contributed by atoms with Crippen LogP contribution in [0.4, 0.5) is 0 Å². The van der Waals surface area contributed by atoms with Crippen LogP contribution in [0.5, 0.6) is 0 Å². The largest absolute Gasteiger partial charge is 0.323 e. The summed E-state index contributed by atoms with van der Waals surface area (Å²) in [6.07, 6.45) is 0. The van der Waals surface area contributed by atoms with E-state index >= 15 is 0 Å². The van der Waals surface area contributed by atoms with Crippen LogP contribution in [-0.2, 0) is 0 Å². The third kappa shape index (κ3) is 3.69. The van der Waals surface area contributed by atoms with E-state index < -0.39 is 7.92 Å². The predicted octanol–water partition coefficient (Wildman–Crippen LogP) is 4.21. The van der Waals surface area contributed by atoms with Gasteiger partial charge in [0.1, 0.15) is 0 Å². The van der Waals surface area contributed by atoms with Crippen molar-refractivity contribution in [3.8, 4) is 0 Å². The molecule has 2 N–H and O–H groups in total. The van der Waals surface area contributed by atoms with Crippen LogP contribution >= 0.6 is 7.92 Å². The fourth-order valence-corrected chi connectivity index (χ4v) is 5.63. The monoisotopic (exact) mass is 319 g/mol. The molecule has 1 nitrogen and oxygen atoms in total. The van der Waals surface area contributed by atoms with E-state index in [1.54, 1.807) is 0 Å². The Kier molecular flexibility index (Phi) is 5.23. The van der Waals surface area contributed by atoms with Crippen LogP contribution in [0.3, 0.4) is 0 Å². The van der Waals surface area contributed by atoms with Gasteiger partial charge in [-0.1, -0.05) is 97.9 Å². The van der Waals surface area contributed by atoms with E-state index in [1.165, 1.54) is 16.2 Å². The minimum Gasteiger partial charge on any atom is -0.323 e. The van der Waals surface area contributed by atoms with Crippen molar-refractivity contribution >= 4 is 18.5 Å². The Bertz CT molecular complexity index is 673. The van der Waals surface area contributed by atoms with Gasteiger partial charge in [-0.2, -0.15) is 0 Å². The van der Waals surface area contributed by atoms with Crippen molar-refractivity contribution in [1.82, 2.24) is 0 Å². The zero-order valence-corrected chi connectivity index (χ0v) is 14.2. The van der Waals surface area contributed by atoms with Gasteiger partial charge in [-0.15, -0.1) is 0 Å². The molecule has 2 heteroatoms. The van der Waals surface area contributed by atoms with Gasteiger partial charge in [0, 0.05) is 11.7 Å². The molecule has 2 atom stereocenters. The predicted molar refractivity (Wildman–Crippen MR) is 102 cm³/mol. The second-order valence-electron chi connectivity index (χ2n) is 5.72. The van der Waals surface area contributed by atoms with Gasteiger partial charge in [-0.25, -0.2) is 0 Å². The Morgan fingerprint density at radius 1 is 0.652 bits per heavy atom. The molecule has 0 saturated heterocycles. The smallest absolute Gasteiger partial charge is 0.0366 e. The molecule has 0 radical (unpaired) electrons. The second kappa shape index (κ2) is 7.55. The summed E-state index contributed by atoms with van der Waals surface area (Å²) in [5, 5.41) is 2.76. The van der Waals surface area contributed by atoms with Crippen LogP contribution in [0.25, 0.3) is 0 Å². The van der Waals surface area contributed by atoms with Crippen LogP contribution in [0, 0.1) is 0 Å². The first-order valence-corrected chi connectivity index (χ1v) is 9.38. The van der Waals surface area contributed by atoms with Crippen molar-refractivity contribution in [3.05, 3.63) is 96.6 Å². The highest BCUT2D eigenvalue weighted by Gasteiger charge is 2.26. The molecule has 0 unspecified atom stereocenters. The average molecular weight is 319 g/mol. The number of nitrogens with two attached hydrogens (primary N) is 1. The summed E-state index contributed by atoms with van der Waals surface area (Å²) in [7, 11) is -0.500. The van der Waals surface area contributed by atoms with E-state index in [2.05, 4.69) is 91.9 Å². The lowest BCUT2D eigenvalue weighted by molar-refractivity contribution is 0.710. The molecule has 0 aliphatic heterocycles. The molecule has 0 amide bonds. The molecule has 0 fully saturated rings. The van der Waals surface area contributed by atoms with Crippen molar-refractivity contribution in [3.63, 3.8) is 0 Å². The van der Waals surface area contributed by atoms with E-state index in [0.717, 1.165) is 0 Å². The van der Waals surface area contributed by atoms with Gasteiger partial charge in [-0.05, 0) is 24.1 Å². The Hall–Kier alpha value is -1.95. The second-order valence-corrected chi connectivity index (χ2v) is 8.31. The molecule has 0 spiro atoms. The lowest BCUT2D eigenvalue weighted by Gasteiger charge is -2.30. The first-order valence-electron chi connectivity index (χ1n) is 7.97. The van der Waals surface area contributed by atoms with Gasteiger partial charge in [0.2, 0.25) is 0 Å². The highest BCUT2D eigenvalue weighted by molar-refractivity contribution is 7.73. The SMILES string of the molecule is C[C@@H]([C@@H](N)c1ccccc1)P(c1ccccc1)c1ccccc1. The Morgan fingerprint density at radius 2 is 1.04 bits per heavy atom. The first-order chi connectivity index (χ1) is 11.3. The molecular formula is C21H22NP. The molecule has 0 saturated carbocycles. The van der Waals surface area contributed by atoms with Crippen LogP contribution < -0.4 is 16.3 Å². The molecule has 0 bridgehead atoms. The Balaban J connectivity index is 1.98. The molecule has 0 aromatic heterocycles. The summed E-state index contributed by atoms with van der Waals surface area (Å²) in [4.78, 5) is 0. The Labute approximate surface area is 139 Å². The highest BCUT2D eigenvalue weighted by Crippen LogP contribution is 2.44. The van der Waals surface area contributed by atoms with Gasteiger partial charge in [0.25, 0.3) is 0 Å². The number of rotatable bonds is 5. The summed E-state index contributed by atoms with van der Waals surface area (Å²) in [6, 6.07) is 32.0. The first kappa shape index (κ1) is 15.9. The van der Waals surface area contributed by atoms with Crippen molar-refractivity contribution in [2.45, 2.75) is 18.6 Å². The molecule has 3 rings (SSSR count). The minimum atomic E-state index is -0.500. The number of hydrogen-bond donors (Lipinski definition) is 1. The molecule has 3 aromatic carbocycles. The van der Waals surface area contributed by atoms with E-state index in [9.17, 15) is 0 Å². The quantitative estimate of drug-likeness (QED) is 0.701. The number of hydrogen-bond acceptors (Lipinski definition) is 1. The number of benzene rings is 3. The van der Waals surface area contributed by atoms with Crippen LogP contribution in [0.1, 0.15) is 18.5 Å². The maximum Gasteiger partial charge on any atom is 0.0366 e. The fraction of sp³-hybridized carbons (Fsp3) is 0.143. The van der Waals surface area contributed by atoms with Gasteiger partial charge in [0.05, 0.1) is 0 Å². The van der Waals surface area contributed by atoms with Crippen molar-refractivity contribution in [1.29, 1.82) is 0 Å². The van der Waals surface area contributed by atoms with E-state index in [1.807, 2.05) is 6.07 Å². The van der Waals surface area contributed by atoms with E-state index in [4.69, 9.17) is 5.73 Å².